The molecule has 0 spiro atoms. The molecular weight excluding hydrogens is 434 g/mol. The van der Waals surface area contributed by atoms with E-state index in [0.29, 0.717) is 12.1 Å². The SMILES string of the molecule is CCOc1cc(CN2CCC(Nc3nc4cccc(S(=O)(=O)O)c4o3)CC2)ccc1OC. The van der Waals surface area contributed by atoms with E-state index in [-0.39, 0.29) is 22.5 Å². The van der Waals surface area contributed by atoms with Gasteiger partial charge in [0.05, 0.1) is 13.7 Å². The van der Waals surface area contributed by atoms with Gasteiger partial charge in [-0.05, 0) is 49.6 Å². The molecule has 32 heavy (non-hydrogen) atoms. The summed E-state index contributed by atoms with van der Waals surface area (Å²) in [5, 5.41) is 3.26. The van der Waals surface area contributed by atoms with Crippen molar-refractivity contribution >= 4 is 27.2 Å². The van der Waals surface area contributed by atoms with Gasteiger partial charge in [-0.1, -0.05) is 12.1 Å². The zero-order chi connectivity index (χ0) is 22.7. The summed E-state index contributed by atoms with van der Waals surface area (Å²) in [4.78, 5) is 6.41. The van der Waals surface area contributed by atoms with E-state index in [0.717, 1.165) is 49.5 Å². The summed E-state index contributed by atoms with van der Waals surface area (Å²) in [5.74, 6) is 1.48. The fraction of sp³-hybridized carbons (Fsp3) is 0.409. The van der Waals surface area contributed by atoms with Gasteiger partial charge in [-0.15, -0.1) is 0 Å². The number of fused-ring (bicyclic) bond motifs is 1. The Morgan fingerprint density at radius 3 is 2.69 bits per heavy atom. The zero-order valence-corrected chi connectivity index (χ0v) is 18.9. The normalized spacial score (nSPS) is 15.7. The molecular formula is C22H27N3O6S. The van der Waals surface area contributed by atoms with Crippen molar-refractivity contribution in [3.05, 3.63) is 42.0 Å². The monoisotopic (exact) mass is 461 g/mol. The van der Waals surface area contributed by atoms with Crippen molar-refractivity contribution in [3.8, 4) is 11.5 Å². The van der Waals surface area contributed by atoms with E-state index in [2.05, 4.69) is 21.3 Å². The average molecular weight is 462 g/mol. The summed E-state index contributed by atoms with van der Waals surface area (Å²) in [5.41, 5.74) is 1.60. The van der Waals surface area contributed by atoms with E-state index in [4.69, 9.17) is 13.9 Å². The summed E-state index contributed by atoms with van der Waals surface area (Å²) >= 11 is 0. The van der Waals surface area contributed by atoms with Crippen molar-refractivity contribution in [1.82, 2.24) is 9.88 Å². The van der Waals surface area contributed by atoms with Crippen molar-refractivity contribution in [2.75, 3.05) is 32.1 Å². The van der Waals surface area contributed by atoms with Crippen LogP contribution in [0.25, 0.3) is 11.1 Å². The van der Waals surface area contributed by atoms with Crippen LogP contribution < -0.4 is 14.8 Å². The first-order valence-corrected chi connectivity index (χ1v) is 12.0. The van der Waals surface area contributed by atoms with Crippen molar-refractivity contribution in [3.63, 3.8) is 0 Å². The van der Waals surface area contributed by atoms with Crippen LogP contribution in [0.3, 0.4) is 0 Å². The number of para-hydroxylation sites is 1. The Kier molecular flexibility index (Phi) is 6.54. The third-order valence-electron chi connectivity index (χ3n) is 5.51. The molecule has 0 saturated carbocycles. The van der Waals surface area contributed by atoms with E-state index in [9.17, 15) is 13.0 Å². The molecule has 0 bridgehead atoms. The van der Waals surface area contributed by atoms with Crippen LogP contribution in [-0.2, 0) is 16.7 Å². The smallest absolute Gasteiger partial charge is 0.298 e. The van der Waals surface area contributed by atoms with Crippen molar-refractivity contribution in [2.24, 2.45) is 0 Å². The molecule has 10 heteroatoms. The fourth-order valence-electron chi connectivity index (χ4n) is 3.94. The molecule has 1 aromatic heterocycles. The van der Waals surface area contributed by atoms with Crippen LogP contribution >= 0.6 is 0 Å². The second kappa shape index (κ2) is 9.35. The lowest BCUT2D eigenvalue weighted by molar-refractivity contribution is 0.210. The Morgan fingerprint density at radius 1 is 1.22 bits per heavy atom. The van der Waals surface area contributed by atoms with Crippen molar-refractivity contribution in [2.45, 2.75) is 37.2 Å². The Bertz CT molecular complexity index is 1190. The minimum absolute atomic E-state index is 0.0551. The third kappa shape index (κ3) is 4.98. The number of nitrogens with one attached hydrogen (secondary N) is 1. The number of benzene rings is 2. The highest BCUT2D eigenvalue weighted by molar-refractivity contribution is 7.86. The molecule has 1 fully saturated rings. The second-order valence-electron chi connectivity index (χ2n) is 7.71. The van der Waals surface area contributed by atoms with Gasteiger partial charge in [-0.25, -0.2) is 0 Å². The Balaban J connectivity index is 1.37. The Labute approximate surface area is 187 Å². The number of likely N-dealkylation sites (tertiary alicyclic amines) is 1. The number of aromatic nitrogens is 1. The van der Waals surface area contributed by atoms with Crippen LogP contribution in [0.5, 0.6) is 11.5 Å². The van der Waals surface area contributed by atoms with E-state index < -0.39 is 10.1 Å². The lowest BCUT2D eigenvalue weighted by Gasteiger charge is -2.32. The molecule has 2 heterocycles. The average Bonchev–Trinajstić information content (AvgIpc) is 3.17. The standard InChI is InChI=1S/C22H27N3O6S/c1-3-30-19-13-15(7-8-18(19)29-2)14-25-11-9-16(10-12-25)23-22-24-17-5-4-6-20(21(17)31-22)32(26,27)28/h4-8,13,16H,3,9-12,14H2,1-2H3,(H,23,24)(H,26,27,28). The van der Waals surface area contributed by atoms with Gasteiger partial charge in [-0.3, -0.25) is 9.45 Å². The van der Waals surface area contributed by atoms with E-state index in [1.54, 1.807) is 13.2 Å². The fourth-order valence-corrected chi connectivity index (χ4v) is 4.58. The molecule has 2 N–H and O–H groups in total. The number of nitrogens with zero attached hydrogens (tertiary/aromatic N) is 2. The molecule has 0 unspecified atom stereocenters. The maximum atomic E-state index is 11.6. The van der Waals surface area contributed by atoms with E-state index in [1.165, 1.54) is 12.1 Å². The molecule has 0 aliphatic carbocycles. The van der Waals surface area contributed by atoms with Crippen molar-refractivity contribution in [1.29, 1.82) is 0 Å². The van der Waals surface area contributed by atoms with Crippen LogP contribution in [0.4, 0.5) is 6.01 Å². The number of ether oxygens (including phenoxy) is 2. The predicted molar refractivity (Wildman–Crippen MR) is 120 cm³/mol. The summed E-state index contributed by atoms with van der Waals surface area (Å²) in [7, 11) is -2.75. The molecule has 1 aliphatic rings. The van der Waals surface area contributed by atoms with Gasteiger partial charge in [0.1, 0.15) is 10.4 Å². The molecule has 1 aliphatic heterocycles. The number of oxazole rings is 1. The highest BCUT2D eigenvalue weighted by atomic mass is 32.2. The molecule has 9 nitrogen and oxygen atoms in total. The first-order valence-electron chi connectivity index (χ1n) is 10.5. The minimum Gasteiger partial charge on any atom is -0.493 e. The van der Waals surface area contributed by atoms with E-state index in [1.807, 2.05) is 19.1 Å². The number of methoxy groups -OCH3 is 1. The van der Waals surface area contributed by atoms with Crippen LogP contribution in [0.1, 0.15) is 25.3 Å². The maximum absolute atomic E-state index is 11.6. The predicted octanol–water partition coefficient (Wildman–Crippen LogP) is 3.56. The largest absolute Gasteiger partial charge is 0.493 e. The molecule has 3 aromatic rings. The molecule has 0 atom stereocenters. The van der Waals surface area contributed by atoms with Crippen LogP contribution in [0.15, 0.2) is 45.7 Å². The number of piperidine rings is 1. The second-order valence-corrected chi connectivity index (χ2v) is 9.10. The van der Waals surface area contributed by atoms with Gasteiger partial charge < -0.3 is 19.2 Å². The van der Waals surface area contributed by atoms with Crippen molar-refractivity contribution < 1.29 is 26.9 Å². The number of anilines is 1. The minimum atomic E-state index is -4.38. The first kappa shape index (κ1) is 22.4. The number of hydrogen-bond donors (Lipinski definition) is 2. The molecule has 1 saturated heterocycles. The van der Waals surface area contributed by atoms with Crippen LogP contribution in [0, 0.1) is 0 Å². The molecule has 0 radical (unpaired) electrons. The van der Waals surface area contributed by atoms with Crippen LogP contribution in [-0.4, -0.2) is 55.7 Å². The highest BCUT2D eigenvalue weighted by Crippen LogP contribution is 2.30. The molecule has 172 valence electrons. The Hall–Kier alpha value is -2.82. The molecule has 0 amide bonds. The van der Waals surface area contributed by atoms with Gasteiger partial charge in [0.15, 0.2) is 17.1 Å². The van der Waals surface area contributed by atoms with Crippen LogP contribution in [0.2, 0.25) is 0 Å². The lowest BCUT2D eigenvalue weighted by atomic mass is 10.0. The summed E-state index contributed by atoms with van der Waals surface area (Å²) in [6.45, 7) is 5.13. The van der Waals surface area contributed by atoms with E-state index >= 15 is 0 Å². The van der Waals surface area contributed by atoms with Gasteiger partial charge in [-0.2, -0.15) is 13.4 Å². The van der Waals surface area contributed by atoms with Gasteiger partial charge in [0, 0.05) is 25.7 Å². The maximum Gasteiger partial charge on any atom is 0.298 e. The molecule has 4 rings (SSSR count). The van der Waals surface area contributed by atoms with Gasteiger partial charge in [0.2, 0.25) is 0 Å². The summed E-state index contributed by atoms with van der Waals surface area (Å²) in [6, 6.07) is 10.9. The summed E-state index contributed by atoms with van der Waals surface area (Å²) in [6.07, 6.45) is 1.77. The quantitative estimate of drug-likeness (QED) is 0.486. The Morgan fingerprint density at radius 2 is 2.00 bits per heavy atom. The van der Waals surface area contributed by atoms with Gasteiger partial charge in [0.25, 0.3) is 16.1 Å². The van der Waals surface area contributed by atoms with Gasteiger partial charge >= 0.3 is 0 Å². The molecule has 2 aromatic carbocycles. The third-order valence-corrected chi connectivity index (χ3v) is 6.38. The highest BCUT2D eigenvalue weighted by Gasteiger charge is 2.23. The topological polar surface area (TPSA) is 114 Å². The zero-order valence-electron chi connectivity index (χ0n) is 18.1. The number of rotatable bonds is 8. The first-order chi connectivity index (χ1) is 15.4. The summed E-state index contributed by atoms with van der Waals surface area (Å²) < 4.78 is 49.1. The lowest BCUT2D eigenvalue weighted by Crippen LogP contribution is -2.38. The number of hydrogen-bond acceptors (Lipinski definition) is 8.